The third-order valence-corrected chi connectivity index (χ3v) is 7.72. The molecule has 4 aliphatic carbocycles. The van der Waals surface area contributed by atoms with Crippen LogP contribution in [0.4, 0.5) is 0 Å². The smallest absolute Gasteiger partial charge is 0.111 e. The predicted octanol–water partition coefficient (Wildman–Crippen LogP) is 4.27. The summed E-state index contributed by atoms with van der Waals surface area (Å²) in [5.74, 6) is 2.09. The van der Waals surface area contributed by atoms with Gasteiger partial charge in [-0.25, -0.2) is 0 Å². The average molecular weight is 316 g/mol. The van der Waals surface area contributed by atoms with Crippen LogP contribution in [0.1, 0.15) is 46.5 Å². The molecule has 4 unspecified atom stereocenters. The monoisotopic (exact) mass is 316 g/mol. The van der Waals surface area contributed by atoms with Crippen LogP contribution in [0, 0.1) is 34.5 Å². The van der Waals surface area contributed by atoms with Gasteiger partial charge in [-0.3, -0.25) is 0 Å². The minimum atomic E-state index is -0.350. The van der Waals surface area contributed by atoms with E-state index in [0.717, 1.165) is 24.8 Å². The molecule has 0 aliphatic heterocycles. The van der Waals surface area contributed by atoms with E-state index in [1.54, 1.807) is 0 Å². The summed E-state index contributed by atoms with van der Waals surface area (Å²) in [6, 6.07) is 0. The van der Waals surface area contributed by atoms with Crippen LogP contribution in [-0.2, 0) is 0 Å². The molecule has 0 spiro atoms. The molecule has 0 heterocycles. The topological polar surface area (TPSA) is 60.7 Å². The van der Waals surface area contributed by atoms with Crippen LogP contribution in [0.3, 0.4) is 0 Å². The molecule has 7 atom stereocenters. The molecule has 3 nitrogen and oxygen atoms in total. The van der Waals surface area contributed by atoms with Crippen molar-refractivity contribution >= 4 is 0 Å². The third-order valence-electron chi connectivity index (χ3n) is 7.72. The van der Waals surface area contributed by atoms with E-state index in [4.69, 9.17) is 0 Å². The summed E-state index contributed by atoms with van der Waals surface area (Å²) in [4.78, 5) is 0. The number of fused-ring (bicyclic) bond motifs is 5. The zero-order valence-corrected chi connectivity index (χ0v) is 14.3. The van der Waals surface area contributed by atoms with Crippen molar-refractivity contribution < 1.29 is 15.3 Å². The zero-order chi connectivity index (χ0) is 16.6. The second-order valence-electron chi connectivity index (χ2n) is 8.78. The fraction of sp³-hybridized carbons (Fsp3) is 0.700. The van der Waals surface area contributed by atoms with Crippen molar-refractivity contribution in [2.75, 3.05) is 0 Å². The summed E-state index contributed by atoms with van der Waals surface area (Å²) in [5, 5.41) is 31.4. The fourth-order valence-corrected chi connectivity index (χ4v) is 6.34. The van der Waals surface area contributed by atoms with Gasteiger partial charge in [0.2, 0.25) is 0 Å². The number of hydrogen-bond acceptors (Lipinski definition) is 3. The van der Waals surface area contributed by atoms with Crippen molar-refractivity contribution in [3.05, 3.63) is 35.3 Å². The maximum atomic E-state index is 10.9. The van der Waals surface area contributed by atoms with Crippen molar-refractivity contribution in [2.45, 2.75) is 52.6 Å². The molecule has 0 bridgehead atoms. The molecule has 2 saturated carbocycles. The zero-order valence-electron chi connectivity index (χ0n) is 14.3. The number of aliphatic hydroxyl groups is 3. The van der Waals surface area contributed by atoms with Crippen molar-refractivity contribution in [1.29, 1.82) is 0 Å². The second-order valence-corrected chi connectivity index (χ2v) is 8.78. The Labute approximate surface area is 138 Å². The summed E-state index contributed by atoms with van der Waals surface area (Å²) < 4.78 is 0. The SMILES string of the molecule is CC1=C(O)[C@@]2(C)CCC3C(C(O)C[C@H]4C=C(O)C=C[C@]34C)C2C1. The molecule has 0 saturated heterocycles. The number of hydrogen-bond donors (Lipinski definition) is 3. The minimum absolute atomic E-state index is 0.00354. The molecular formula is C20H28O3. The molecule has 23 heavy (non-hydrogen) atoms. The lowest BCUT2D eigenvalue weighted by Gasteiger charge is -2.59. The molecule has 0 amide bonds. The molecule has 0 aromatic heterocycles. The van der Waals surface area contributed by atoms with Gasteiger partial charge in [-0.1, -0.05) is 19.9 Å². The van der Waals surface area contributed by atoms with Crippen LogP contribution in [0.2, 0.25) is 0 Å². The maximum Gasteiger partial charge on any atom is 0.111 e. The van der Waals surface area contributed by atoms with Gasteiger partial charge < -0.3 is 15.3 Å². The first-order chi connectivity index (χ1) is 10.8. The summed E-state index contributed by atoms with van der Waals surface area (Å²) in [7, 11) is 0. The predicted molar refractivity (Wildman–Crippen MR) is 89.8 cm³/mol. The van der Waals surface area contributed by atoms with E-state index in [0.29, 0.717) is 29.8 Å². The first-order valence-corrected chi connectivity index (χ1v) is 8.94. The Morgan fingerprint density at radius 1 is 1.17 bits per heavy atom. The second kappa shape index (κ2) is 4.66. The van der Waals surface area contributed by atoms with Crippen molar-refractivity contribution in [3.8, 4) is 0 Å². The quantitative estimate of drug-likeness (QED) is 0.625. The van der Waals surface area contributed by atoms with Crippen molar-refractivity contribution in [3.63, 3.8) is 0 Å². The van der Waals surface area contributed by atoms with E-state index >= 15 is 0 Å². The van der Waals surface area contributed by atoms with E-state index in [2.05, 4.69) is 19.9 Å². The van der Waals surface area contributed by atoms with Crippen molar-refractivity contribution in [1.82, 2.24) is 0 Å². The molecule has 0 aromatic rings. The minimum Gasteiger partial charge on any atom is -0.512 e. The Morgan fingerprint density at radius 3 is 2.65 bits per heavy atom. The van der Waals surface area contributed by atoms with E-state index in [1.807, 2.05) is 19.1 Å². The van der Waals surface area contributed by atoms with Gasteiger partial charge in [0.25, 0.3) is 0 Å². The van der Waals surface area contributed by atoms with Crippen LogP contribution in [-0.4, -0.2) is 21.4 Å². The highest BCUT2D eigenvalue weighted by molar-refractivity contribution is 5.31. The number of allylic oxidation sites excluding steroid dienone is 5. The molecule has 3 N–H and O–H groups in total. The third kappa shape index (κ3) is 1.86. The highest BCUT2D eigenvalue weighted by Gasteiger charge is 2.61. The molecule has 0 radical (unpaired) electrons. The van der Waals surface area contributed by atoms with Gasteiger partial charge >= 0.3 is 0 Å². The Bertz CT molecular complexity index is 631. The van der Waals surface area contributed by atoms with Gasteiger partial charge in [-0.2, -0.15) is 0 Å². The van der Waals surface area contributed by atoms with Gasteiger partial charge in [-0.15, -0.1) is 0 Å². The van der Waals surface area contributed by atoms with E-state index < -0.39 is 0 Å². The highest BCUT2D eigenvalue weighted by Crippen LogP contribution is 2.65. The fourth-order valence-electron chi connectivity index (χ4n) is 6.34. The van der Waals surface area contributed by atoms with Crippen LogP contribution >= 0.6 is 0 Å². The van der Waals surface area contributed by atoms with Crippen LogP contribution < -0.4 is 0 Å². The van der Waals surface area contributed by atoms with Crippen molar-refractivity contribution in [2.24, 2.45) is 34.5 Å². The largest absolute Gasteiger partial charge is 0.512 e. The van der Waals surface area contributed by atoms with Gasteiger partial charge in [0.05, 0.1) is 11.9 Å². The first kappa shape index (κ1) is 15.3. The Balaban J connectivity index is 1.74. The van der Waals surface area contributed by atoms with E-state index in [1.165, 1.54) is 0 Å². The molecule has 4 rings (SSSR count). The lowest BCUT2D eigenvalue weighted by molar-refractivity contribution is -0.123. The lowest BCUT2D eigenvalue weighted by Crippen LogP contribution is -2.56. The van der Waals surface area contributed by atoms with Gasteiger partial charge in [-0.05, 0) is 79.4 Å². The molecule has 0 aromatic carbocycles. The summed E-state index contributed by atoms with van der Waals surface area (Å²) in [6.07, 6.45) is 9.21. The van der Waals surface area contributed by atoms with Crippen LogP contribution in [0.15, 0.2) is 35.3 Å². The lowest BCUT2D eigenvalue weighted by atomic mass is 9.46. The molecule has 126 valence electrons. The highest BCUT2D eigenvalue weighted by atomic mass is 16.3. The normalized spacial score (nSPS) is 51.8. The van der Waals surface area contributed by atoms with Gasteiger partial charge in [0.15, 0.2) is 0 Å². The molecule has 3 heteroatoms. The molecule has 2 fully saturated rings. The summed E-state index contributed by atoms with van der Waals surface area (Å²) in [6.45, 7) is 6.51. The number of rotatable bonds is 0. The Hall–Kier alpha value is -1.22. The van der Waals surface area contributed by atoms with Gasteiger partial charge in [0.1, 0.15) is 5.76 Å². The Kier molecular flexibility index (Phi) is 3.10. The Morgan fingerprint density at radius 2 is 1.91 bits per heavy atom. The van der Waals surface area contributed by atoms with Crippen LogP contribution in [0.5, 0.6) is 0 Å². The summed E-state index contributed by atoms with van der Waals surface area (Å²) in [5.41, 5.74) is 0.948. The maximum absolute atomic E-state index is 10.9. The van der Waals surface area contributed by atoms with Gasteiger partial charge in [0, 0.05) is 5.41 Å². The number of aliphatic hydroxyl groups excluding tert-OH is 3. The molecular weight excluding hydrogens is 288 g/mol. The van der Waals surface area contributed by atoms with E-state index in [-0.39, 0.29) is 28.8 Å². The first-order valence-electron chi connectivity index (χ1n) is 8.94. The van der Waals surface area contributed by atoms with E-state index in [9.17, 15) is 15.3 Å². The standard InChI is InChI=1S/C20H28O3/c1-11-8-15-17-14(5-7-20(15,3)18(11)23)19(2)6-4-13(21)9-12(19)10-16(17)22/h4,6,9,12,14-17,21-23H,5,7-8,10H2,1-3H3/t12-,14?,15?,16?,17?,19+,20+/m1/s1. The average Bonchev–Trinajstić information content (AvgIpc) is 2.73. The molecule has 4 aliphatic rings. The summed E-state index contributed by atoms with van der Waals surface area (Å²) >= 11 is 0. The van der Waals surface area contributed by atoms with Crippen LogP contribution in [0.25, 0.3) is 0 Å².